The van der Waals surface area contributed by atoms with Crippen LogP contribution in [0.15, 0.2) is 54.9 Å². The van der Waals surface area contributed by atoms with Gasteiger partial charge in [0, 0.05) is 11.4 Å². The second-order valence-corrected chi connectivity index (χ2v) is 8.36. The third-order valence-electron chi connectivity index (χ3n) is 5.84. The molecule has 0 spiro atoms. The van der Waals surface area contributed by atoms with Gasteiger partial charge in [-0.15, -0.1) is 0 Å². The highest BCUT2D eigenvalue weighted by Crippen LogP contribution is 2.36. The van der Waals surface area contributed by atoms with E-state index in [4.69, 9.17) is 9.31 Å². The lowest BCUT2D eigenvalue weighted by Crippen LogP contribution is -2.41. The van der Waals surface area contributed by atoms with Crippen molar-refractivity contribution in [2.45, 2.75) is 51.9 Å². The van der Waals surface area contributed by atoms with Gasteiger partial charge in [-0.3, -0.25) is 0 Å². The third-order valence-corrected chi connectivity index (χ3v) is 5.84. The van der Waals surface area contributed by atoms with Crippen LogP contribution in [0, 0.1) is 0 Å². The van der Waals surface area contributed by atoms with Crippen LogP contribution in [0.2, 0.25) is 0 Å². The highest BCUT2D eigenvalue weighted by atomic mass is 16.7. The average Bonchev–Trinajstić information content (AvgIpc) is 2.90. The molecule has 5 nitrogen and oxygen atoms in total. The van der Waals surface area contributed by atoms with Crippen LogP contribution in [0.3, 0.4) is 0 Å². The van der Waals surface area contributed by atoms with Gasteiger partial charge < -0.3 is 14.6 Å². The molecule has 1 atom stereocenters. The molecule has 6 heteroatoms. The van der Waals surface area contributed by atoms with Gasteiger partial charge in [0.2, 0.25) is 0 Å². The fourth-order valence-corrected chi connectivity index (χ4v) is 3.35. The van der Waals surface area contributed by atoms with Crippen LogP contribution in [0.4, 0.5) is 5.82 Å². The quantitative estimate of drug-likeness (QED) is 0.696. The maximum atomic E-state index is 6.21. The first-order valence-electron chi connectivity index (χ1n) is 9.69. The van der Waals surface area contributed by atoms with Crippen LogP contribution < -0.4 is 10.8 Å². The summed E-state index contributed by atoms with van der Waals surface area (Å²) in [6, 6.07) is 16.5. The zero-order valence-electron chi connectivity index (χ0n) is 17.1. The summed E-state index contributed by atoms with van der Waals surface area (Å²) in [5, 5.41) is 4.47. The van der Waals surface area contributed by atoms with Crippen molar-refractivity contribution < 1.29 is 9.31 Å². The predicted octanol–water partition coefficient (Wildman–Crippen LogP) is 4.10. The van der Waals surface area contributed by atoms with E-state index in [1.165, 1.54) is 5.56 Å². The molecule has 4 rings (SSSR count). The minimum absolute atomic E-state index is 0.125. The first-order valence-corrected chi connectivity index (χ1v) is 9.69. The van der Waals surface area contributed by atoms with E-state index in [1.807, 2.05) is 30.3 Å². The molecule has 0 aliphatic carbocycles. The Labute approximate surface area is 166 Å². The molecular formula is C22H26BN3O2. The van der Waals surface area contributed by atoms with E-state index < -0.39 is 7.12 Å². The number of rotatable bonds is 4. The topological polar surface area (TPSA) is 56.3 Å². The van der Waals surface area contributed by atoms with E-state index in [9.17, 15) is 0 Å². The lowest BCUT2D eigenvalue weighted by molar-refractivity contribution is 0.00578. The predicted molar refractivity (Wildman–Crippen MR) is 114 cm³/mol. The first-order chi connectivity index (χ1) is 13.3. The number of nitrogens with one attached hydrogen (secondary N) is 1. The third kappa shape index (κ3) is 3.38. The van der Waals surface area contributed by atoms with E-state index in [-0.39, 0.29) is 17.2 Å². The van der Waals surface area contributed by atoms with Crippen LogP contribution in [0.5, 0.6) is 0 Å². The summed E-state index contributed by atoms with van der Waals surface area (Å²) in [6.07, 6.45) is 1.59. The molecule has 1 fully saturated rings. The van der Waals surface area contributed by atoms with Gasteiger partial charge >= 0.3 is 7.12 Å². The second-order valence-electron chi connectivity index (χ2n) is 8.36. The van der Waals surface area contributed by atoms with E-state index >= 15 is 0 Å². The molecule has 1 aliphatic rings. The van der Waals surface area contributed by atoms with Gasteiger partial charge in [0.15, 0.2) is 0 Å². The minimum Gasteiger partial charge on any atom is -0.399 e. The molecule has 1 N–H and O–H groups in total. The highest BCUT2D eigenvalue weighted by Gasteiger charge is 2.51. The Kier molecular flexibility index (Phi) is 4.64. The van der Waals surface area contributed by atoms with Crippen LogP contribution in [0.25, 0.3) is 10.9 Å². The molecule has 1 aromatic heterocycles. The van der Waals surface area contributed by atoms with E-state index in [0.717, 1.165) is 22.2 Å². The Balaban J connectivity index is 1.67. The Morgan fingerprint density at radius 1 is 0.929 bits per heavy atom. The van der Waals surface area contributed by atoms with Crippen molar-refractivity contribution >= 4 is 29.3 Å². The fourth-order valence-electron chi connectivity index (χ4n) is 3.35. The molecule has 2 aromatic carbocycles. The van der Waals surface area contributed by atoms with E-state index in [1.54, 1.807) is 6.33 Å². The van der Waals surface area contributed by atoms with Crippen molar-refractivity contribution in [3.63, 3.8) is 0 Å². The molecule has 0 bridgehead atoms. The lowest BCUT2D eigenvalue weighted by atomic mass is 9.78. The standard InChI is InChI=1S/C22H26BN3O2/c1-15(16-9-7-6-8-10-16)26-20-18-13-17(11-12-19(18)24-14-25-20)23-27-21(2,3)22(4,5)28-23/h6-15H,1-5H3,(H,24,25,26). The second kappa shape index (κ2) is 6.87. The van der Waals surface area contributed by atoms with Crippen molar-refractivity contribution in [2.24, 2.45) is 0 Å². The maximum absolute atomic E-state index is 6.21. The van der Waals surface area contributed by atoms with Crippen molar-refractivity contribution in [3.05, 3.63) is 60.4 Å². The molecule has 3 aromatic rings. The smallest absolute Gasteiger partial charge is 0.399 e. The van der Waals surface area contributed by atoms with Gasteiger partial charge in [0.1, 0.15) is 12.1 Å². The SMILES string of the molecule is CC(Nc1ncnc2ccc(B3OC(C)(C)C(C)(C)O3)cc12)c1ccccc1. The summed E-state index contributed by atoms with van der Waals surface area (Å²) in [6.45, 7) is 10.4. The monoisotopic (exact) mass is 375 g/mol. The Bertz CT molecular complexity index is 975. The molecule has 1 aliphatic heterocycles. The number of fused-ring (bicyclic) bond motifs is 1. The molecule has 1 unspecified atom stereocenters. The van der Waals surface area contributed by atoms with Crippen molar-refractivity contribution in [2.75, 3.05) is 5.32 Å². The molecule has 2 heterocycles. The average molecular weight is 375 g/mol. The summed E-state index contributed by atoms with van der Waals surface area (Å²) in [5.74, 6) is 0.805. The molecule has 0 radical (unpaired) electrons. The number of hydrogen-bond donors (Lipinski definition) is 1. The number of aromatic nitrogens is 2. The number of nitrogens with zero attached hydrogens (tertiary/aromatic N) is 2. The largest absolute Gasteiger partial charge is 0.494 e. The zero-order valence-corrected chi connectivity index (χ0v) is 17.1. The molecular weight excluding hydrogens is 349 g/mol. The normalized spacial score (nSPS) is 19.0. The van der Waals surface area contributed by atoms with Gasteiger partial charge in [-0.05, 0) is 57.8 Å². The summed E-state index contributed by atoms with van der Waals surface area (Å²) in [7, 11) is -0.408. The van der Waals surface area contributed by atoms with Crippen molar-refractivity contribution in [3.8, 4) is 0 Å². The molecule has 1 saturated heterocycles. The van der Waals surface area contributed by atoms with Gasteiger partial charge in [0.05, 0.1) is 16.7 Å². The van der Waals surface area contributed by atoms with Crippen LogP contribution >= 0.6 is 0 Å². The van der Waals surface area contributed by atoms with E-state index in [2.05, 4.69) is 68.1 Å². The number of hydrogen-bond acceptors (Lipinski definition) is 5. The summed E-state index contributed by atoms with van der Waals surface area (Å²) < 4.78 is 12.4. The van der Waals surface area contributed by atoms with Crippen LogP contribution in [-0.2, 0) is 9.31 Å². The van der Waals surface area contributed by atoms with Gasteiger partial charge in [-0.25, -0.2) is 9.97 Å². The zero-order chi connectivity index (χ0) is 19.9. The van der Waals surface area contributed by atoms with Crippen molar-refractivity contribution in [1.29, 1.82) is 0 Å². The van der Waals surface area contributed by atoms with Crippen molar-refractivity contribution in [1.82, 2.24) is 9.97 Å². The fraction of sp³-hybridized carbons (Fsp3) is 0.364. The molecule has 0 amide bonds. The molecule has 144 valence electrons. The Morgan fingerprint density at radius 2 is 1.61 bits per heavy atom. The maximum Gasteiger partial charge on any atom is 0.494 e. The van der Waals surface area contributed by atoms with Crippen LogP contribution in [-0.4, -0.2) is 28.3 Å². The van der Waals surface area contributed by atoms with Gasteiger partial charge in [-0.1, -0.05) is 36.4 Å². The Morgan fingerprint density at radius 3 is 2.29 bits per heavy atom. The summed E-state index contributed by atoms with van der Waals surface area (Å²) >= 11 is 0. The molecule has 28 heavy (non-hydrogen) atoms. The van der Waals surface area contributed by atoms with Gasteiger partial charge in [0.25, 0.3) is 0 Å². The highest BCUT2D eigenvalue weighted by molar-refractivity contribution is 6.62. The number of benzene rings is 2. The van der Waals surface area contributed by atoms with Crippen LogP contribution in [0.1, 0.15) is 46.2 Å². The van der Waals surface area contributed by atoms with E-state index in [0.29, 0.717) is 0 Å². The first kappa shape index (κ1) is 18.9. The lowest BCUT2D eigenvalue weighted by Gasteiger charge is -2.32. The number of anilines is 1. The summed E-state index contributed by atoms with van der Waals surface area (Å²) in [4.78, 5) is 8.91. The molecule has 0 saturated carbocycles. The Hall–Kier alpha value is -2.44. The summed E-state index contributed by atoms with van der Waals surface area (Å²) in [5.41, 5.74) is 2.32. The van der Waals surface area contributed by atoms with Gasteiger partial charge in [-0.2, -0.15) is 0 Å². The minimum atomic E-state index is -0.408.